The molecule has 0 unspecified atom stereocenters. The van der Waals surface area contributed by atoms with E-state index in [1.807, 2.05) is 0 Å². The molecule has 0 radical (unpaired) electrons. The maximum atomic E-state index is 12.3. The van der Waals surface area contributed by atoms with Crippen LogP contribution >= 0.6 is 22.7 Å². The van der Waals surface area contributed by atoms with Crippen LogP contribution in [-0.2, 0) is 0 Å². The number of hydrogen-bond acceptors (Lipinski definition) is 6. The lowest BCUT2D eigenvalue weighted by Gasteiger charge is -2.05. The van der Waals surface area contributed by atoms with Gasteiger partial charge in [-0.3, -0.25) is 10.1 Å². The van der Waals surface area contributed by atoms with Gasteiger partial charge in [0, 0.05) is 0 Å². The van der Waals surface area contributed by atoms with Crippen molar-refractivity contribution < 1.29 is 23.0 Å². The van der Waals surface area contributed by atoms with Gasteiger partial charge in [-0.15, -0.1) is 11.3 Å². The lowest BCUT2D eigenvalue weighted by atomic mass is 10.3. The number of carbonyl (C=O) groups excluding carboxylic acids is 1. The minimum atomic E-state index is -2.98. The molecule has 2 heterocycles. The largest absolute Gasteiger partial charge is 0.497 e. The summed E-state index contributed by atoms with van der Waals surface area (Å²) in [6, 6.07) is 6.67. The molecule has 0 saturated heterocycles. The highest BCUT2D eigenvalue weighted by molar-refractivity contribution is 7.22. The summed E-state index contributed by atoms with van der Waals surface area (Å²) >= 11 is 2.28. The molecule has 120 valence electrons. The van der Waals surface area contributed by atoms with Crippen LogP contribution in [0.1, 0.15) is 9.67 Å². The molecule has 0 spiro atoms. The molecule has 0 fully saturated rings. The Hall–Kier alpha value is -2.26. The number of benzene rings is 1. The van der Waals surface area contributed by atoms with Gasteiger partial charge in [0.1, 0.15) is 16.4 Å². The molecule has 3 aromatic rings. The Kier molecular flexibility index (Phi) is 4.39. The number of hydrogen-bond donors (Lipinski definition) is 1. The normalized spacial score (nSPS) is 11.0. The summed E-state index contributed by atoms with van der Waals surface area (Å²) in [6.07, 6.45) is 0. The standard InChI is InChI=1S/C14H10F2N2O3S2/c1-20-7-2-3-8-10(6-7)23-14(17-8)18-12(19)11-9(4-5-22-11)21-13(15)16/h2-6,13H,1H3,(H,17,18,19). The highest BCUT2D eigenvalue weighted by Gasteiger charge is 2.19. The second kappa shape index (κ2) is 6.47. The van der Waals surface area contributed by atoms with Gasteiger partial charge in [0.15, 0.2) is 5.13 Å². The van der Waals surface area contributed by atoms with E-state index < -0.39 is 12.5 Å². The van der Waals surface area contributed by atoms with E-state index in [1.54, 1.807) is 25.3 Å². The number of rotatable bonds is 5. The van der Waals surface area contributed by atoms with E-state index in [0.29, 0.717) is 16.4 Å². The Morgan fingerprint density at radius 3 is 2.91 bits per heavy atom. The summed E-state index contributed by atoms with van der Waals surface area (Å²) in [6.45, 7) is -2.98. The number of ether oxygens (including phenoxy) is 2. The van der Waals surface area contributed by atoms with Crippen molar-refractivity contribution in [3.05, 3.63) is 34.5 Å². The fourth-order valence-corrected chi connectivity index (χ4v) is 3.50. The third-order valence-electron chi connectivity index (χ3n) is 2.87. The summed E-state index contributed by atoms with van der Waals surface area (Å²) in [4.78, 5) is 16.5. The monoisotopic (exact) mass is 356 g/mol. The minimum Gasteiger partial charge on any atom is -0.497 e. The number of alkyl halides is 2. The van der Waals surface area contributed by atoms with Crippen LogP contribution in [0, 0.1) is 0 Å². The maximum Gasteiger partial charge on any atom is 0.387 e. The number of thiazole rings is 1. The summed E-state index contributed by atoms with van der Waals surface area (Å²) in [5, 5.41) is 4.48. The molecule has 0 aliphatic heterocycles. The molecule has 0 saturated carbocycles. The molecule has 1 amide bonds. The molecule has 0 atom stereocenters. The van der Waals surface area contributed by atoms with Crippen LogP contribution in [0.4, 0.5) is 13.9 Å². The lowest BCUT2D eigenvalue weighted by molar-refractivity contribution is -0.0498. The predicted molar refractivity (Wildman–Crippen MR) is 85.1 cm³/mol. The molecule has 9 heteroatoms. The average Bonchev–Trinajstić information content (AvgIpc) is 3.11. The summed E-state index contributed by atoms with van der Waals surface area (Å²) in [5.41, 5.74) is 0.710. The molecule has 3 rings (SSSR count). The van der Waals surface area contributed by atoms with Gasteiger partial charge in [0.2, 0.25) is 0 Å². The zero-order chi connectivity index (χ0) is 16.4. The Labute approximate surface area is 137 Å². The number of nitrogens with one attached hydrogen (secondary N) is 1. The third-order valence-corrected chi connectivity index (χ3v) is 4.70. The van der Waals surface area contributed by atoms with Crippen LogP contribution in [0.5, 0.6) is 11.5 Å². The third kappa shape index (κ3) is 3.40. The first-order chi connectivity index (χ1) is 11.1. The molecule has 0 bridgehead atoms. The van der Waals surface area contributed by atoms with Crippen LogP contribution in [0.15, 0.2) is 29.6 Å². The summed E-state index contributed by atoms with van der Waals surface area (Å²) in [7, 11) is 1.56. The molecule has 5 nitrogen and oxygen atoms in total. The number of anilines is 1. The second-order valence-corrected chi connectivity index (χ2v) is 6.25. The molecule has 23 heavy (non-hydrogen) atoms. The van der Waals surface area contributed by atoms with E-state index in [9.17, 15) is 13.6 Å². The van der Waals surface area contributed by atoms with E-state index >= 15 is 0 Å². The summed E-state index contributed by atoms with van der Waals surface area (Å²) in [5.74, 6) is -0.00291. The number of aromatic nitrogens is 1. The van der Waals surface area contributed by atoms with E-state index in [-0.39, 0.29) is 10.6 Å². The fourth-order valence-electron chi connectivity index (χ4n) is 1.89. The topological polar surface area (TPSA) is 60.5 Å². The van der Waals surface area contributed by atoms with Gasteiger partial charge in [-0.2, -0.15) is 8.78 Å². The zero-order valence-corrected chi connectivity index (χ0v) is 13.3. The van der Waals surface area contributed by atoms with Crippen molar-refractivity contribution in [1.82, 2.24) is 4.98 Å². The van der Waals surface area contributed by atoms with Gasteiger partial charge < -0.3 is 9.47 Å². The first-order valence-electron chi connectivity index (χ1n) is 6.35. The Balaban J connectivity index is 1.81. The number of methoxy groups -OCH3 is 1. The van der Waals surface area contributed by atoms with Crippen LogP contribution in [0.3, 0.4) is 0 Å². The maximum absolute atomic E-state index is 12.3. The van der Waals surface area contributed by atoms with Crippen molar-refractivity contribution >= 4 is 43.9 Å². The number of fused-ring (bicyclic) bond motifs is 1. The van der Waals surface area contributed by atoms with Crippen LogP contribution in [0.2, 0.25) is 0 Å². The highest BCUT2D eigenvalue weighted by atomic mass is 32.1. The van der Waals surface area contributed by atoms with Crippen LogP contribution in [-0.4, -0.2) is 24.6 Å². The summed E-state index contributed by atoms with van der Waals surface area (Å²) < 4.78 is 34.9. The number of carbonyl (C=O) groups is 1. The lowest BCUT2D eigenvalue weighted by Crippen LogP contribution is -2.12. The van der Waals surface area contributed by atoms with Crippen molar-refractivity contribution in [3.63, 3.8) is 0 Å². The van der Waals surface area contributed by atoms with E-state index in [2.05, 4.69) is 15.0 Å². The van der Waals surface area contributed by atoms with Crippen molar-refractivity contribution in [2.24, 2.45) is 0 Å². The predicted octanol–water partition coefficient (Wildman–Crippen LogP) is 4.22. The minimum absolute atomic E-state index is 0.0714. The zero-order valence-electron chi connectivity index (χ0n) is 11.7. The molecular weight excluding hydrogens is 346 g/mol. The van der Waals surface area contributed by atoms with Gasteiger partial charge in [-0.05, 0) is 29.6 Å². The Bertz CT molecular complexity index is 848. The number of halogens is 2. The van der Waals surface area contributed by atoms with Gasteiger partial charge in [-0.1, -0.05) is 11.3 Å². The van der Waals surface area contributed by atoms with Gasteiger partial charge in [-0.25, -0.2) is 4.98 Å². The smallest absolute Gasteiger partial charge is 0.387 e. The average molecular weight is 356 g/mol. The number of nitrogens with zero attached hydrogens (tertiary/aromatic N) is 1. The quantitative estimate of drug-likeness (QED) is 0.744. The van der Waals surface area contributed by atoms with Gasteiger partial charge >= 0.3 is 6.61 Å². The molecule has 2 aromatic heterocycles. The number of thiophene rings is 1. The molecule has 0 aliphatic carbocycles. The van der Waals surface area contributed by atoms with Crippen molar-refractivity contribution in [3.8, 4) is 11.5 Å². The molecule has 0 aliphatic rings. The fraction of sp³-hybridized carbons (Fsp3) is 0.143. The van der Waals surface area contributed by atoms with Crippen LogP contribution in [0.25, 0.3) is 10.2 Å². The van der Waals surface area contributed by atoms with Crippen LogP contribution < -0.4 is 14.8 Å². The SMILES string of the molecule is COc1ccc2nc(NC(=O)c3sccc3OC(F)F)sc2c1. The van der Waals surface area contributed by atoms with Crippen molar-refractivity contribution in [2.75, 3.05) is 12.4 Å². The second-order valence-electron chi connectivity index (χ2n) is 4.30. The molecule has 1 aromatic carbocycles. The Morgan fingerprint density at radius 2 is 2.17 bits per heavy atom. The Morgan fingerprint density at radius 1 is 1.35 bits per heavy atom. The van der Waals surface area contributed by atoms with Gasteiger partial charge in [0.25, 0.3) is 5.91 Å². The van der Waals surface area contributed by atoms with Crippen molar-refractivity contribution in [2.45, 2.75) is 6.61 Å². The van der Waals surface area contributed by atoms with E-state index in [0.717, 1.165) is 16.0 Å². The van der Waals surface area contributed by atoms with Crippen molar-refractivity contribution in [1.29, 1.82) is 0 Å². The highest BCUT2D eigenvalue weighted by Crippen LogP contribution is 2.31. The number of amides is 1. The van der Waals surface area contributed by atoms with E-state index in [1.165, 1.54) is 22.8 Å². The first-order valence-corrected chi connectivity index (χ1v) is 8.04. The molecular formula is C14H10F2N2O3S2. The molecule has 1 N–H and O–H groups in total. The van der Waals surface area contributed by atoms with Gasteiger partial charge in [0.05, 0.1) is 17.3 Å². The van der Waals surface area contributed by atoms with E-state index in [4.69, 9.17) is 4.74 Å². The first kappa shape index (κ1) is 15.6.